The molecule has 2 aromatic carbocycles. The monoisotopic (exact) mass is 474 g/mol. The molecule has 5 nitrogen and oxygen atoms in total. The number of benzene rings is 2. The van der Waals surface area contributed by atoms with Gasteiger partial charge in [0.1, 0.15) is 4.90 Å². The number of carbonyl (C=O) groups excluding carboxylic acids is 1. The normalized spacial score (nSPS) is 11.7. The number of nitrogens with zero attached hydrogens (tertiary/aromatic N) is 1. The third-order valence-corrected chi connectivity index (χ3v) is 6.79. The van der Waals surface area contributed by atoms with Crippen LogP contribution < -0.4 is 5.32 Å². The van der Waals surface area contributed by atoms with E-state index in [0.29, 0.717) is 0 Å². The van der Waals surface area contributed by atoms with Gasteiger partial charge in [-0.05, 0) is 30.3 Å². The molecule has 0 unspecified atom stereocenters. The first-order chi connectivity index (χ1) is 12.0. The zero-order valence-electron chi connectivity index (χ0n) is 13.1. The van der Waals surface area contributed by atoms with Crippen molar-refractivity contribution in [2.45, 2.75) is 4.90 Å². The predicted molar refractivity (Wildman–Crippen MR) is 106 cm³/mol. The molecule has 11 heteroatoms. The molecule has 2 rings (SSSR count). The van der Waals surface area contributed by atoms with Crippen LogP contribution in [0.1, 0.15) is 0 Å². The first-order valence-electron chi connectivity index (χ1n) is 6.88. The second kappa shape index (κ2) is 8.52. The van der Waals surface area contributed by atoms with Crippen LogP contribution in [-0.2, 0) is 14.8 Å². The van der Waals surface area contributed by atoms with Crippen LogP contribution in [0.3, 0.4) is 0 Å². The van der Waals surface area contributed by atoms with Crippen molar-refractivity contribution in [3.8, 4) is 0 Å². The number of anilines is 1. The van der Waals surface area contributed by atoms with E-state index in [1.165, 1.54) is 37.4 Å². The Morgan fingerprint density at radius 1 is 0.962 bits per heavy atom. The Hall–Kier alpha value is -0.730. The van der Waals surface area contributed by atoms with E-state index in [1.54, 1.807) is 0 Å². The second-order valence-corrected chi connectivity index (χ2v) is 9.21. The Balaban J connectivity index is 2.18. The SMILES string of the molecule is CN(CC(=O)Nc1cc(Cl)c(Cl)cc1Cl)S(=O)(=O)c1cc(Cl)ccc1Cl. The lowest BCUT2D eigenvalue weighted by Crippen LogP contribution is -2.35. The molecule has 0 heterocycles. The highest BCUT2D eigenvalue weighted by Gasteiger charge is 2.26. The number of sulfonamides is 1. The van der Waals surface area contributed by atoms with Crippen LogP contribution in [0.4, 0.5) is 5.69 Å². The Morgan fingerprint density at radius 2 is 1.58 bits per heavy atom. The van der Waals surface area contributed by atoms with Gasteiger partial charge >= 0.3 is 0 Å². The maximum absolute atomic E-state index is 12.6. The minimum absolute atomic E-state index is 0.00538. The van der Waals surface area contributed by atoms with E-state index in [9.17, 15) is 13.2 Å². The molecule has 0 aliphatic heterocycles. The smallest absolute Gasteiger partial charge is 0.244 e. The van der Waals surface area contributed by atoms with Crippen LogP contribution in [0.15, 0.2) is 35.2 Å². The molecular formula is C15H11Cl5N2O3S. The van der Waals surface area contributed by atoms with Crippen LogP contribution in [0.2, 0.25) is 25.1 Å². The molecule has 26 heavy (non-hydrogen) atoms. The molecule has 140 valence electrons. The fourth-order valence-corrected chi connectivity index (χ4v) is 4.39. The fraction of sp³-hybridized carbons (Fsp3) is 0.133. The molecule has 0 fully saturated rings. The van der Waals surface area contributed by atoms with Crippen LogP contribution >= 0.6 is 58.0 Å². The van der Waals surface area contributed by atoms with Crippen molar-refractivity contribution in [3.63, 3.8) is 0 Å². The number of nitrogens with one attached hydrogen (secondary N) is 1. The van der Waals surface area contributed by atoms with Gasteiger partial charge in [-0.25, -0.2) is 8.42 Å². The summed E-state index contributed by atoms with van der Waals surface area (Å²) in [5.74, 6) is -0.630. The molecule has 0 saturated heterocycles. The maximum atomic E-state index is 12.6. The van der Waals surface area contributed by atoms with Gasteiger partial charge in [0.15, 0.2) is 0 Å². The van der Waals surface area contributed by atoms with E-state index in [-0.39, 0.29) is 35.7 Å². The molecule has 0 radical (unpaired) electrons. The maximum Gasteiger partial charge on any atom is 0.244 e. The molecule has 0 aliphatic rings. The van der Waals surface area contributed by atoms with Gasteiger partial charge < -0.3 is 5.32 Å². The highest BCUT2D eigenvalue weighted by Crippen LogP contribution is 2.32. The molecule has 0 atom stereocenters. The van der Waals surface area contributed by atoms with Crippen molar-refractivity contribution in [3.05, 3.63) is 55.4 Å². The molecule has 1 N–H and O–H groups in total. The summed E-state index contributed by atoms with van der Waals surface area (Å²) < 4.78 is 26.0. The van der Waals surface area contributed by atoms with Crippen molar-refractivity contribution in [1.29, 1.82) is 0 Å². The Kier molecular flexibility index (Phi) is 7.07. The van der Waals surface area contributed by atoms with Crippen molar-refractivity contribution in [1.82, 2.24) is 4.31 Å². The molecule has 1 amide bonds. The fourth-order valence-electron chi connectivity index (χ4n) is 1.94. The number of carbonyl (C=O) groups is 1. The van der Waals surface area contributed by atoms with Gasteiger partial charge in [0.2, 0.25) is 15.9 Å². The molecule has 0 bridgehead atoms. The Morgan fingerprint density at radius 3 is 2.23 bits per heavy atom. The molecule has 2 aromatic rings. The molecular weight excluding hydrogens is 466 g/mol. The van der Waals surface area contributed by atoms with Gasteiger partial charge in [-0.1, -0.05) is 58.0 Å². The van der Waals surface area contributed by atoms with Gasteiger partial charge in [-0.15, -0.1) is 0 Å². The number of amides is 1. The Bertz CT molecular complexity index is 966. The van der Waals surface area contributed by atoms with Gasteiger partial charge in [0, 0.05) is 12.1 Å². The minimum atomic E-state index is -4.03. The lowest BCUT2D eigenvalue weighted by Gasteiger charge is -2.18. The molecule has 0 spiro atoms. The van der Waals surface area contributed by atoms with Gasteiger partial charge in [0.25, 0.3) is 0 Å². The van der Waals surface area contributed by atoms with Crippen molar-refractivity contribution < 1.29 is 13.2 Å². The summed E-state index contributed by atoms with van der Waals surface area (Å²) in [4.78, 5) is 12.0. The Labute approximate surface area is 175 Å². The lowest BCUT2D eigenvalue weighted by atomic mass is 10.3. The zero-order valence-corrected chi connectivity index (χ0v) is 17.7. The van der Waals surface area contributed by atoms with Gasteiger partial charge in [-0.2, -0.15) is 4.31 Å². The van der Waals surface area contributed by atoms with Crippen LogP contribution in [0.5, 0.6) is 0 Å². The van der Waals surface area contributed by atoms with Crippen molar-refractivity contribution in [2.75, 3.05) is 18.9 Å². The van der Waals surface area contributed by atoms with Crippen molar-refractivity contribution in [2.24, 2.45) is 0 Å². The number of hydrogen-bond acceptors (Lipinski definition) is 3. The van der Waals surface area contributed by atoms with E-state index in [1.807, 2.05) is 0 Å². The standard InChI is InChI=1S/C15H11Cl5N2O3S/c1-22(26(24,25)14-4-8(16)2-3-9(14)17)7-15(23)21-13-6-11(19)10(18)5-12(13)20/h2-6H,7H2,1H3,(H,21,23). The first kappa shape index (κ1) is 21.6. The van der Waals surface area contributed by atoms with Crippen LogP contribution in [0, 0.1) is 0 Å². The molecule has 0 saturated carbocycles. The highest BCUT2D eigenvalue weighted by atomic mass is 35.5. The summed E-state index contributed by atoms with van der Waals surface area (Å²) in [6.45, 7) is -0.484. The lowest BCUT2D eigenvalue weighted by molar-refractivity contribution is -0.116. The van der Waals surface area contributed by atoms with Crippen molar-refractivity contribution >= 4 is 79.6 Å². The van der Waals surface area contributed by atoms with Crippen LogP contribution in [-0.4, -0.2) is 32.2 Å². The average molecular weight is 477 g/mol. The number of halogens is 5. The topological polar surface area (TPSA) is 66.5 Å². The van der Waals surface area contributed by atoms with E-state index in [2.05, 4.69) is 5.32 Å². The largest absolute Gasteiger partial charge is 0.324 e. The summed E-state index contributed by atoms with van der Waals surface area (Å²) in [6, 6.07) is 6.77. The zero-order chi connectivity index (χ0) is 19.6. The van der Waals surface area contributed by atoms with Crippen LogP contribution in [0.25, 0.3) is 0 Å². The van der Waals surface area contributed by atoms with E-state index in [0.717, 1.165) is 4.31 Å². The molecule has 0 aliphatic carbocycles. The van der Waals surface area contributed by atoms with E-state index < -0.39 is 22.5 Å². The quantitative estimate of drug-likeness (QED) is 0.602. The first-order valence-corrected chi connectivity index (χ1v) is 10.2. The highest BCUT2D eigenvalue weighted by molar-refractivity contribution is 7.89. The summed E-state index contributed by atoms with van der Waals surface area (Å²) in [5, 5.41) is 3.26. The second-order valence-electron chi connectivity index (χ2n) is 5.13. The number of likely N-dealkylation sites (N-methyl/N-ethyl adjacent to an activating group) is 1. The third-order valence-electron chi connectivity index (χ3n) is 3.23. The summed E-state index contributed by atoms with van der Waals surface area (Å²) >= 11 is 29.5. The molecule has 0 aromatic heterocycles. The van der Waals surface area contributed by atoms with E-state index in [4.69, 9.17) is 58.0 Å². The van der Waals surface area contributed by atoms with E-state index >= 15 is 0 Å². The van der Waals surface area contributed by atoms with Gasteiger partial charge in [0.05, 0.1) is 32.3 Å². The summed E-state index contributed by atoms with van der Waals surface area (Å²) in [5.41, 5.74) is 0.206. The predicted octanol–water partition coefficient (Wildman–Crippen LogP) is 5.21. The minimum Gasteiger partial charge on any atom is -0.324 e. The van der Waals surface area contributed by atoms with Gasteiger partial charge in [-0.3, -0.25) is 4.79 Å². The summed E-state index contributed by atoms with van der Waals surface area (Å²) in [6.07, 6.45) is 0. The third kappa shape index (κ3) is 4.95. The number of rotatable bonds is 5. The average Bonchev–Trinajstić information content (AvgIpc) is 2.54. The summed E-state index contributed by atoms with van der Waals surface area (Å²) in [7, 11) is -2.79. The number of hydrogen-bond donors (Lipinski definition) is 1.